The van der Waals surface area contributed by atoms with Gasteiger partial charge in [0, 0.05) is 61.1 Å². The van der Waals surface area contributed by atoms with Crippen molar-refractivity contribution in [2.24, 2.45) is 0 Å². The normalized spacial score (nSPS) is 14.8. The maximum atomic E-state index is 14.2. The van der Waals surface area contributed by atoms with Crippen LogP contribution in [0.2, 0.25) is 0 Å². The summed E-state index contributed by atoms with van der Waals surface area (Å²) >= 11 is 0. The number of aromatic nitrogens is 2. The average Bonchev–Trinajstić information content (AvgIpc) is 3.08. The summed E-state index contributed by atoms with van der Waals surface area (Å²) in [6.07, 6.45) is 2.91. The van der Waals surface area contributed by atoms with Gasteiger partial charge in [-0.25, -0.2) is 14.7 Å². The number of amides is 3. The van der Waals surface area contributed by atoms with Gasteiger partial charge in [0.1, 0.15) is 11.5 Å². The number of benzene rings is 3. The standard InChI is InChI=1S/C34H36N8O4/c1-5-31(43)36-24-7-6-8-27(19-24)42-32-23(22-41(34(42)44)25-9-12-28(45-3)13-10-25)21-35-33(38-32)37-29-14-11-26(20-30(29)46-4)40-17-15-39(2)16-18-40/h5-14,19-21H,1,15-18,22H2,2-4H3,(H,36,43)(H,35,37,38). The van der Waals surface area contributed by atoms with Crippen molar-refractivity contribution in [1.29, 1.82) is 0 Å². The van der Waals surface area contributed by atoms with Gasteiger partial charge < -0.3 is 29.9 Å². The number of methoxy groups -OCH3 is 2. The lowest BCUT2D eigenvalue weighted by Gasteiger charge is -2.36. The molecule has 12 nitrogen and oxygen atoms in total. The summed E-state index contributed by atoms with van der Waals surface area (Å²) in [6, 6.07) is 20.0. The minimum absolute atomic E-state index is 0.257. The van der Waals surface area contributed by atoms with Crippen LogP contribution in [-0.4, -0.2) is 74.3 Å². The quantitative estimate of drug-likeness (QED) is 0.238. The Morgan fingerprint density at radius 3 is 2.41 bits per heavy atom. The van der Waals surface area contributed by atoms with Gasteiger partial charge in [0.15, 0.2) is 5.82 Å². The topological polar surface area (TPSA) is 115 Å². The molecule has 0 atom stereocenters. The highest BCUT2D eigenvalue weighted by Crippen LogP contribution is 2.38. The molecule has 3 amide bonds. The second-order valence-corrected chi connectivity index (χ2v) is 11.0. The number of hydrogen-bond acceptors (Lipinski definition) is 9. The Morgan fingerprint density at radius 2 is 1.70 bits per heavy atom. The number of rotatable bonds is 9. The van der Waals surface area contributed by atoms with E-state index in [1.165, 1.54) is 11.0 Å². The lowest BCUT2D eigenvalue weighted by molar-refractivity contribution is -0.111. The van der Waals surface area contributed by atoms with Crippen molar-refractivity contribution in [2.75, 3.05) is 72.8 Å². The van der Waals surface area contributed by atoms with Crippen molar-refractivity contribution < 1.29 is 19.1 Å². The number of piperazine rings is 1. The molecule has 1 aromatic heterocycles. The first-order valence-corrected chi connectivity index (χ1v) is 14.9. The van der Waals surface area contributed by atoms with Gasteiger partial charge in [-0.3, -0.25) is 9.69 Å². The third kappa shape index (κ3) is 6.28. The molecule has 1 saturated heterocycles. The minimum Gasteiger partial charge on any atom is -0.497 e. The predicted octanol–water partition coefficient (Wildman–Crippen LogP) is 5.39. The number of anilines is 7. The number of hydrogen-bond donors (Lipinski definition) is 2. The predicted molar refractivity (Wildman–Crippen MR) is 180 cm³/mol. The number of nitrogens with zero attached hydrogens (tertiary/aromatic N) is 6. The van der Waals surface area contributed by atoms with E-state index in [1.54, 1.807) is 61.7 Å². The minimum atomic E-state index is -0.358. The van der Waals surface area contributed by atoms with Crippen LogP contribution in [0.4, 0.5) is 45.0 Å². The van der Waals surface area contributed by atoms with Crippen LogP contribution < -0.4 is 34.8 Å². The van der Waals surface area contributed by atoms with E-state index in [2.05, 4.69) is 45.1 Å². The summed E-state index contributed by atoms with van der Waals surface area (Å²) < 4.78 is 11.1. The molecule has 4 aromatic rings. The van der Waals surface area contributed by atoms with Crippen molar-refractivity contribution in [1.82, 2.24) is 14.9 Å². The van der Waals surface area contributed by atoms with Crippen LogP contribution in [0.15, 0.2) is 85.6 Å². The molecule has 2 aliphatic rings. The summed E-state index contributed by atoms with van der Waals surface area (Å²) in [5.74, 6) is 1.71. The van der Waals surface area contributed by atoms with Gasteiger partial charge in [0.25, 0.3) is 0 Å². The number of fused-ring (bicyclic) bond motifs is 1. The SMILES string of the molecule is C=CC(=O)Nc1cccc(N2C(=O)N(c3ccc(OC)cc3)Cc3cnc(Nc4ccc(N5CCN(C)CC5)cc4OC)nc32)c1. The first kappa shape index (κ1) is 30.4. The van der Waals surface area contributed by atoms with E-state index in [0.717, 1.165) is 37.4 Å². The number of carbonyl (C=O) groups excluding carboxylic acids is 2. The summed E-state index contributed by atoms with van der Waals surface area (Å²) in [6.45, 7) is 7.66. The molecule has 0 saturated carbocycles. The van der Waals surface area contributed by atoms with Crippen LogP contribution in [-0.2, 0) is 11.3 Å². The monoisotopic (exact) mass is 620 g/mol. The Labute approximate surface area is 267 Å². The van der Waals surface area contributed by atoms with Gasteiger partial charge >= 0.3 is 6.03 Å². The number of likely N-dealkylation sites (N-methyl/N-ethyl adjacent to an activating group) is 1. The van der Waals surface area contributed by atoms with Gasteiger partial charge in [-0.05, 0) is 67.7 Å². The zero-order valence-corrected chi connectivity index (χ0v) is 26.1. The Bertz CT molecular complexity index is 1750. The third-order valence-electron chi connectivity index (χ3n) is 8.05. The zero-order chi connectivity index (χ0) is 32.2. The van der Waals surface area contributed by atoms with Crippen LogP contribution in [0, 0.1) is 0 Å². The first-order chi connectivity index (χ1) is 22.4. The lowest BCUT2D eigenvalue weighted by Crippen LogP contribution is -2.45. The van der Waals surface area contributed by atoms with Gasteiger partial charge in [-0.1, -0.05) is 12.6 Å². The third-order valence-corrected chi connectivity index (χ3v) is 8.05. The summed E-state index contributed by atoms with van der Waals surface area (Å²) in [5, 5.41) is 6.06. The summed E-state index contributed by atoms with van der Waals surface area (Å²) in [7, 11) is 5.36. The molecule has 0 bridgehead atoms. The van der Waals surface area contributed by atoms with E-state index in [4.69, 9.17) is 14.5 Å². The molecule has 46 heavy (non-hydrogen) atoms. The molecule has 6 rings (SSSR count). The fourth-order valence-electron chi connectivity index (χ4n) is 5.49. The maximum Gasteiger partial charge on any atom is 0.335 e. The van der Waals surface area contributed by atoms with E-state index in [-0.39, 0.29) is 18.5 Å². The van der Waals surface area contributed by atoms with Gasteiger partial charge in [0.05, 0.1) is 32.1 Å². The van der Waals surface area contributed by atoms with Crippen molar-refractivity contribution in [3.8, 4) is 11.5 Å². The molecular weight excluding hydrogens is 584 g/mol. The molecule has 0 aliphatic carbocycles. The smallest absolute Gasteiger partial charge is 0.335 e. The summed E-state index contributed by atoms with van der Waals surface area (Å²) in [5.41, 5.74) is 4.23. The molecule has 1 fully saturated rings. The molecule has 0 unspecified atom stereocenters. The Kier molecular flexibility index (Phi) is 8.70. The molecule has 0 radical (unpaired) electrons. The largest absolute Gasteiger partial charge is 0.497 e. The molecule has 2 aliphatic heterocycles. The molecule has 236 valence electrons. The second-order valence-electron chi connectivity index (χ2n) is 11.0. The number of carbonyl (C=O) groups is 2. The van der Waals surface area contributed by atoms with Crippen LogP contribution in [0.25, 0.3) is 0 Å². The molecule has 3 heterocycles. The fourth-order valence-corrected chi connectivity index (χ4v) is 5.49. The van der Waals surface area contributed by atoms with Crippen LogP contribution >= 0.6 is 0 Å². The van der Waals surface area contributed by atoms with Crippen molar-refractivity contribution >= 4 is 52.1 Å². The zero-order valence-electron chi connectivity index (χ0n) is 26.1. The molecule has 0 spiro atoms. The van der Waals surface area contributed by atoms with Crippen molar-refractivity contribution in [3.05, 3.63) is 91.1 Å². The molecule has 3 aromatic carbocycles. The van der Waals surface area contributed by atoms with E-state index in [9.17, 15) is 9.59 Å². The van der Waals surface area contributed by atoms with Gasteiger partial charge in [0.2, 0.25) is 11.9 Å². The number of nitrogens with one attached hydrogen (secondary N) is 2. The highest BCUT2D eigenvalue weighted by molar-refractivity contribution is 6.10. The Hall–Kier alpha value is -5.62. The summed E-state index contributed by atoms with van der Waals surface area (Å²) in [4.78, 5) is 43.5. The van der Waals surface area contributed by atoms with E-state index < -0.39 is 0 Å². The molecule has 12 heteroatoms. The van der Waals surface area contributed by atoms with E-state index in [0.29, 0.717) is 46.0 Å². The van der Waals surface area contributed by atoms with Crippen LogP contribution in [0.1, 0.15) is 5.56 Å². The Morgan fingerprint density at radius 1 is 0.935 bits per heavy atom. The van der Waals surface area contributed by atoms with Crippen molar-refractivity contribution in [2.45, 2.75) is 6.54 Å². The van der Waals surface area contributed by atoms with Crippen LogP contribution in [0.3, 0.4) is 0 Å². The highest BCUT2D eigenvalue weighted by Gasteiger charge is 2.34. The molecule has 2 N–H and O–H groups in total. The average molecular weight is 621 g/mol. The van der Waals surface area contributed by atoms with Gasteiger partial charge in [-0.15, -0.1) is 0 Å². The number of ether oxygens (including phenoxy) is 2. The molecular formula is C34H36N8O4. The first-order valence-electron chi connectivity index (χ1n) is 14.9. The van der Waals surface area contributed by atoms with Gasteiger partial charge in [-0.2, -0.15) is 4.98 Å². The van der Waals surface area contributed by atoms with Crippen LogP contribution in [0.5, 0.6) is 11.5 Å². The fraction of sp³-hybridized carbons (Fsp3) is 0.235. The van der Waals surface area contributed by atoms with Crippen molar-refractivity contribution in [3.63, 3.8) is 0 Å². The van der Waals surface area contributed by atoms with E-state index >= 15 is 0 Å². The Balaban J connectivity index is 1.35. The second kappa shape index (κ2) is 13.2. The maximum absolute atomic E-state index is 14.2. The number of urea groups is 1. The highest BCUT2D eigenvalue weighted by atomic mass is 16.5. The van der Waals surface area contributed by atoms with E-state index in [1.807, 2.05) is 24.3 Å². The lowest BCUT2D eigenvalue weighted by atomic mass is 10.1.